The number of carbonyl (C=O) groups is 2. The van der Waals surface area contributed by atoms with Gasteiger partial charge in [-0.15, -0.1) is 0 Å². The van der Waals surface area contributed by atoms with Gasteiger partial charge in [-0.2, -0.15) is 0 Å². The van der Waals surface area contributed by atoms with Crippen molar-refractivity contribution >= 4 is 39.1 Å². The molecule has 0 unspecified atom stereocenters. The number of sulfonamides is 1. The summed E-state index contributed by atoms with van der Waals surface area (Å²) < 4.78 is 42.5. The van der Waals surface area contributed by atoms with E-state index in [1.807, 2.05) is 20.8 Å². The number of hydrogen-bond acceptors (Lipinski definition) is 4. The molecule has 0 spiro atoms. The molecule has 220 valence electrons. The zero-order valence-corrected chi connectivity index (χ0v) is 25.6. The number of aryl methyl sites for hydroxylation is 2. The molecular formula is C31H37ClFN3O4S. The fourth-order valence-electron chi connectivity index (χ4n) is 4.25. The Kier molecular flexibility index (Phi) is 10.9. The molecule has 3 aromatic rings. The zero-order valence-electron chi connectivity index (χ0n) is 24.0. The van der Waals surface area contributed by atoms with Gasteiger partial charge < -0.3 is 10.2 Å². The van der Waals surface area contributed by atoms with Crippen LogP contribution in [0.2, 0.25) is 5.02 Å². The van der Waals surface area contributed by atoms with E-state index in [0.717, 1.165) is 15.4 Å². The molecule has 0 saturated heterocycles. The van der Waals surface area contributed by atoms with Gasteiger partial charge in [-0.05, 0) is 81.1 Å². The van der Waals surface area contributed by atoms with Crippen LogP contribution in [-0.4, -0.2) is 43.8 Å². The number of anilines is 1. The number of halogens is 2. The third kappa shape index (κ3) is 8.07. The summed E-state index contributed by atoms with van der Waals surface area (Å²) in [6.07, 6.45) is 0.987. The molecule has 0 heterocycles. The Bertz CT molecular complexity index is 1460. The maximum atomic E-state index is 14.1. The minimum Gasteiger partial charge on any atom is -0.352 e. The molecule has 0 radical (unpaired) electrons. The van der Waals surface area contributed by atoms with E-state index in [4.69, 9.17) is 11.6 Å². The van der Waals surface area contributed by atoms with E-state index in [1.54, 1.807) is 38.1 Å². The molecule has 2 amide bonds. The summed E-state index contributed by atoms with van der Waals surface area (Å²) in [5.74, 6) is -1.36. The van der Waals surface area contributed by atoms with Crippen molar-refractivity contribution in [3.8, 4) is 0 Å². The van der Waals surface area contributed by atoms with E-state index in [-0.39, 0.29) is 35.5 Å². The van der Waals surface area contributed by atoms with Gasteiger partial charge in [0.25, 0.3) is 10.0 Å². The zero-order chi connectivity index (χ0) is 30.3. The average Bonchev–Trinajstić information content (AvgIpc) is 2.94. The Morgan fingerprint density at radius 2 is 1.59 bits per heavy atom. The highest BCUT2D eigenvalue weighted by Gasteiger charge is 2.34. The molecule has 0 saturated carbocycles. The Morgan fingerprint density at radius 3 is 2.15 bits per heavy atom. The Labute approximate surface area is 247 Å². The molecule has 7 nitrogen and oxygen atoms in total. The van der Waals surface area contributed by atoms with Crippen molar-refractivity contribution in [1.82, 2.24) is 10.2 Å². The normalized spacial score (nSPS) is 12.9. The Hall–Kier alpha value is -3.43. The number of nitrogens with zero attached hydrogens (tertiary/aromatic N) is 2. The van der Waals surface area contributed by atoms with Crippen LogP contribution in [0.5, 0.6) is 0 Å². The fourth-order valence-corrected chi connectivity index (χ4v) is 5.83. The summed E-state index contributed by atoms with van der Waals surface area (Å²) in [6, 6.07) is 15.8. The molecule has 0 aliphatic rings. The van der Waals surface area contributed by atoms with Crippen LogP contribution in [0.1, 0.15) is 50.3 Å². The van der Waals surface area contributed by atoms with Crippen molar-refractivity contribution in [3.63, 3.8) is 0 Å². The number of nitrogens with one attached hydrogen (secondary N) is 1. The van der Waals surface area contributed by atoms with Crippen LogP contribution in [-0.2, 0) is 26.2 Å². The molecule has 1 N–H and O–H groups in total. The lowest BCUT2D eigenvalue weighted by Crippen LogP contribution is -2.53. The predicted octanol–water partition coefficient (Wildman–Crippen LogP) is 6.01. The smallest absolute Gasteiger partial charge is 0.264 e. The van der Waals surface area contributed by atoms with Gasteiger partial charge in [-0.1, -0.05) is 61.3 Å². The molecule has 0 bridgehead atoms. The minimum atomic E-state index is -4.21. The second-order valence-electron chi connectivity index (χ2n) is 10.1. The largest absolute Gasteiger partial charge is 0.352 e. The highest BCUT2D eigenvalue weighted by atomic mass is 35.5. The Morgan fingerprint density at radius 1 is 0.951 bits per heavy atom. The van der Waals surface area contributed by atoms with E-state index in [9.17, 15) is 22.4 Å². The summed E-state index contributed by atoms with van der Waals surface area (Å²) in [6.45, 7) is 8.64. The number of carbonyl (C=O) groups excluding carboxylic acids is 2. The lowest BCUT2D eigenvalue weighted by molar-refractivity contribution is -0.140. The molecule has 0 fully saturated rings. The second-order valence-corrected chi connectivity index (χ2v) is 12.4. The quantitative estimate of drug-likeness (QED) is 0.275. The van der Waals surface area contributed by atoms with Crippen LogP contribution in [0.3, 0.4) is 0 Å². The van der Waals surface area contributed by atoms with Crippen LogP contribution < -0.4 is 9.62 Å². The molecule has 3 aromatic carbocycles. The highest BCUT2D eigenvalue weighted by Crippen LogP contribution is 2.29. The minimum absolute atomic E-state index is 0.0132. The molecule has 0 aliphatic heterocycles. The van der Waals surface area contributed by atoms with Gasteiger partial charge in [0, 0.05) is 17.6 Å². The Balaban J connectivity index is 2.08. The number of amides is 2. The number of benzene rings is 3. The predicted molar refractivity (Wildman–Crippen MR) is 161 cm³/mol. The van der Waals surface area contributed by atoms with Crippen LogP contribution in [0.25, 0.3) is 0 Å². The lowest BCUT2D eigenvalue weighted by atomic mass is 10.1. The SMILES string of the molecule is CC[C@@H](C)NC(=O)[C@H](CC)N(Cc1ccc(F)cc1)C(=O)CN(c1ccc(C)c(Cl)c1)S(=O)(=O)c1ccc(C)cc1. The molecule has 0 aliphatic carbocycles. The maximum Gasteiger partial charge on any atom is 0.264 e. The van der Waals surface area contributed by atoms with Crippen LogP contribution in [0.4, 0.5) is 10.1 Å². The summed E-state index contributed by atoms with van der Waals surface area (Å²) in [5, 5.41) is 3.28. The fraction of sp³-hybridized carbons (Fsp3) is 0.355. The van der Waals surface area contributed by atoms with Crippen molar-refractivity contribution in [2.75, 3.05) is 10.8 Å². The van der Waals surface area contributed by atoms with Gasteiger partial charge in [-0.25, -0.2) is 12.8 Å². The van der Waals surface area contributed by atoms with Crippen molar-refractivity contribution in [3.05, 3.63) is 94.3 Å². The molecule has 0 aromatic heterocycles. The van der Waals surface area contributed by atoms with Crippen LogP contribution in [0, 0.1) is 19.7 Å². The average molecular weight is 602 g/mol. The first kappa shape index (κ1) is 32.1. The van der Waals surface area contributed by atoms with E-state index >= 15 is 0 Å². The first-order chi connectivity index (χ1) is 19.4. The first-order valence-electron chi connectivity index (χ1n) is 13.6. The van der Waals surface area contributed by atoms with Crippen molar-refractivity contribution in [2.45, 2.75) is 71.0 Å². The van der Waals surface area contributed by atoms with Crippen LogP contribution >= 0.6 is 11.6 Å². The summed E-state index contributed by atoms with van der Waals surface area (Å²) in [5.41, 5.74) is 2.45. The van der Waals surface area contributed by atoms with Gasteiger partial charge >= 0.3 is 0 Å². The summed E-state index contributed by atoms with van der Waals surface area (Å²) in [4.78, 5) is 28.8. The second kappa shape index (κ2) is 14.0. The van der Waals surface area contributed by atoms with Crippen LogP contribution in [0.15, 0.2) is 71.6 Å². The van der Waals surface area contributed by atoms with Gasteiger partial charge in [0.05, 0.1) is 10.6 Å². The molecule has 41 heavy (non-hydrogen) atoms. The van der Waals surface area contributed by atoms with Gasteiger partial charge in [0.2, 0.25) is 11.8 Å². The molecule has 2 atom stereocenters. The molecular weight excluding hydrogens is 565 g/mol. The van der Waals surface area contributed by atoms with Crippen molar-refractivity contribution in [1.29, 1.82) is 0 Å². The number of hydrogen-bond donors (Lipinski definition) is 1. The third-order valence-electron chi connectivity index (χ3n) is 6.98. The highest BCUT2D eigenvalue weighted by molar-refractivity contribution is 7.92. The first-order valence-corrected chi connectivity index (χ1v) is 15.4. The third-order valence-corrected chi connectivity index (χ3v) is 9.18. The van der Waals surface area contributed by atoms with Crippen molar-refractivity contribution < 1.29 is 22.4 Å². The van der Waals surface area contributed by atoms with Gasteiger partial charge in [0.15, 0.2) is 0 Å². The standard InChI is InChI=1S/C31H37ClFN3O4S/c1-6-23(5)34-31(38)29(7-2)35(19-24-11-13-25(33)14-12-24)30(37)20-36(26-15-10-22(4)28(32)18-26)41(39,40)27-16-8-21(3)9-17-27/h8-18,23,29H,6-7,19-20H2,1-5H3,(H,34,38)/t23-,29+/m1/s1. The number of rotatable bonds is 12. The van der Waals surface area contributed by atoms with Gasteiger partial charge in [0.1, 0.15) is 18.4 Å². The van der Waals surface area contributed by atoms with Gasteiger partial charge in [-0.3, -0.25) is 13.9 Å². The van der Waals surface area contributed by atoms with Crippen molar-refractivity contribution in [2.24, 2.45) is 0 Å². The molecule has 3 rings (SSSR count). The maximum absolute atomic E-state index is 14.1. The topological polar surface area (TPSA) is 86.8 Å². The van der Waals surface area contributed by atoms with E-state index in [1.165, 1.54) is 47.4 Å². The molecule has 10 heteroatoms. The van der Waals surface area contributed by atoms with E-state index in [0.29, 0.717) is 17.0 Å². The lowest BCUT2D eigenvalue weighted by Gasteiger charge is -2.33. The monoisotopic (exact) mass is 601 g/mol. The summed E-state index contributed by atoms with van der Waals surface area (Å²) in [7, 11) is -4.21. The van der Waals surface area contributed by atoms with E-state index < -0.39 is 34.3 Å². The van der Waals surface area contributed by atoms with E-state index in [2.05, 4.69) is 5.32 Å². The summed E-state index contributed by atoms with van der Waals surface area (Å²) >= 11 is 6.37.